The van der Waals surface area contributed by atoms with Crippen LogP contribution < -0.4 is 10.6 Å². The zero-order chi connectivity index (χ0) is 22.0. The van der Waals surface area contributed by atoms with E-state index in [0.29, 0.717) is 31.3 Å². The quantitative estimate of drug-likeness (QED) is 0.641. The van der Waals surface area contributed by atoms with Crippen LogP contribution in [0.15, 0.2) is 24.3 Å². The molecule has 3 N–H and O–H groups in total. The van der Waals surface area contributed by atoms with E-state index < -0.39 is 6.04 Å². The molecule has 1 aromatic heterocycles. The minimum atomic E-state index is -0.729. The van der Waals surface area contributed by atoms with Crippen molar-refractivity contribution < 1.29 is 9.59 Å². The summed E-state index contributed by atoms with van der Waals surface area (Å²) in [6.45, 7) is 0.992. The molecule has 4 aliphatic rings. The molecule has 6 atom stereocenters. The molecule has 6 rings (SSSR count). The Morgan fingerprint density at radius 1 is 1.34 bits per heavy atom. The van der Waals surface area contributed by atoms with Crippen LogP contribution in [0.5, 0.6) is 0 Å². The number of aromatic nitrogens is 4. The number of piperazine rings is 1. The summed E-state index contributed by atoms with van der Waals surface area (Å²) in [5.74, 6) is 0.785. The van der Waals surface area contributed by atoms with E-state index in [1.165, 1.54) is 0 Å². The lowest BCUT2D eigenvalue weighted by molar-refractivity contribution is -0.135. The summed E-state index contributed by atoms with van der Waals surface area (Å²) >= 11 is 0. The first-order valence-electron chi connectivity index (χ1n) is 10.9. The largest absolute Gasteiger partial charge is 0.322 e. The van der Waals surface area contributed by atoms with Crippen LogP contribution in [0.4, 0.5) is 5.69 Å². The van der Waals surface area contributed by atoms with Gasteiger partial charge in [0.2, 0.25) is 17.6 Å². The number of anilines is 1. The molecule has 1 unspecified atom stereocenters. The molecule has 11 nitrogen and oxygen atoms in total. The van der Waals surface area contributed by atoms with E-state index in [-0.39, 0.29) is 36.0 Å². The summed E-state index contributed by atoms with van der Waals surface area (Å²) < 4.78 is 0. The second kappa shape index (κ2) is 7.08. The summed E-state index contributed by atoms with van der Waals surface area (Å²) in [7, 11) is 0. The Labute approximate surface area is 184 Å². The zero-order valence-corrected chi connectivity index (χ0v) is 17.3. The van der Waals surface area contributed by atoms with E-state index >= 15 is 0 Å². The van der Waals surface area contributed by atoms with Crippen LogP contribution in [-0.2, 0) is 9.59 Å². The van der Waals surface area contributed by atoms with Gasteiger partial charge in [0.15, 0.2) is 0 Å². The number of nitrogens with two attached hydrogens (primary N) is 1. The third kappa shape index (κ3) is 2.91. The number of tetrazole rings is 1. The van der Waals surface area contributed by atoms with Crippen molar-refractivity contribution in [3.05, 3.63) is 24.3 Å². The molecule has 32 heavy (non-hydrogen) atoms. The lowest BCUT2D eigenvalue weighted by Crippen LogP contribution is -2.57. The lowest BCUT2D eigenvalue weighted by Gasteiger charge is -2.35. The smallest absolute Gasteiger partial charge is 0.244 e. The van der Waals surface area contributed by atoms with Gasteiger partial charge in [-0.1, -0.05) is 12.1 Å². The summed E-state index contributed by atoms with van der Waals surface area (Å²) in [4.78, 5) is 31.7. The highest BCUT2D eigenvalue weighted by atomic mass is 16.2. The van der Waals surface area contributed by atoms with Crippen LogP contribution in [-0.4, -0.2) is 85.5 Å². The van der Waals surface area contributed by atoms with Crippen molar-refractivity contribution in [1.29, 1.82) is 5.26 Å². The number of hydrogen-bond donors (Lipinski definition) is 2. The number of fused-ring (bicyclic) bond motifs is 3. The van der Waals surface area contributed by atoms with Crippen LogP contribution in [0.2, 0.25) is 0 Å². The second-order valence-corrected chi connectivity index (χ2v) is 9.15. The molecular weight excluding hydrogens is 410 g/mol. The fourth-order valence-corrected chi connectivity index (χ4v) is 5.69. The van der Waals surface area contributed by atoms with Crippen molar-refractivity contribution in [2.45, 2.75) is 49.5 Å². The summed E-state index contributed by atoms with van der Waals surface area (Å²) in [5, 5.41) is 23.4. The maximum atomic E-state index is 13.2. The van der Waals surface area contributed by atoms with Gasteiger partial charge < -0.3 is 15.5 Å². The molecule has 1 saturated carbocycles. The van der Waals surface area contributed by atoms with Crippen molar-refractivity contribution in [3.8, 4) is 17.5 Å². The second-order valence-electron chi connectivity index (χ2n) is 9.15. The molecule has 2 bridgehead atoms. The van der Waals surface area contributed by atoms with Crippen molar-refractivity contribution in [2.75, 3.05) is 18.0 Å². The van der Waals surface area contributed by atoms with Gasteiger partial charge in [0, 0.05) is 30.4 Å². The molecule has 1 aliphatic carbocycles. The maximum Gasteiger partial charge on any atom is 0.244 e. The minimum Gasteiger partial charge on any atom is -0.322 e. The third-order valence-electron chi connectivity index (χ3n) is 7.25. The first-order valence-corrected chi connectivity index (χ1v) is 10.9. The predicted molar refractivity (Wildman–Crippen MR) is 112 cm³/mol. The van der Waals surface area contributed by atoms with Crippen molar-refractivity contribution in [1.82, 2.24) is 30.4 Å². The van der Waals surface area contributed by atoms with Gasteiger partial charge in [-0.05, 0) is 42.5 Å². The standard InChI is InChI=1S/C21H23N9O2/c22-8-14-5-12-6-17(12)30(14)20(31)16(23)10-28-9-15-7-18(28)21(32)29(15)13-3-1-2-11(4-13)19-24-26-27-25-19/h1-4,12,14-18H,5-7,9-10,23H2,(H,24,25,26,27)/t12-,14+,15-,16+,17?,18-/m1/s1. The number of H-pyrrole nitrogens is 1. The first kappa shape index (κ1) is 19.3. The fourth-order valence-electron chi connectivity index (χ4n) is 5.69. The number of benzene rings is 1. The van der Waals surface area contributed by atoms with Crippen LogP contribution in [0.25, 0.3) is 11.4 Å². The van der Waals surface area contributed by atoms with Gasteiger partial charge in [-0.15, -0.1) is 10.2 Å². The number of likely N-dealkylation sites (tertiary alicyclic amines) is 2. The molecule has 4 fully saturated rings. The van der Waals surface area contributed by atoms with E-state index in [9.17, 15) is 14.9 Å². The molecule has 0 spiro atoms. The number of aromatic amines is 1. The number of nitriles is 1. The molecule has 3 saturated heterocycles. The number of carbonyl (C=O) groups excluding carboxylic acids is 2. The summed E-state index contributed by atoms with van der Waals surface area (Å²) in [6.07, 6.45) is 2.44. The van der Waals surface area contributed by atoms with Crippen molar-refractivity contribution >= 4 is 17.5 Å². The Balaban J connectivity index is 1.14. The highest BCUT2D eigenvalue weighted by Crippen LogP contribution is 2.47. The minimum absolute atomic E-state index is 0.0180. The van der Waals surface area contributed by atoms with Gasteiger partial charge in [0.05, 0.1) is 24.2 Å². The molecule has 164 valence electrons. The number of nitrogens with one attached hydrogen (secondary N) is 1. The Bertz CT molecular complexity index is 1110. The number of nitrogens with zero attached hydrogens (tertiary/aromatic N) is 7. The monoisotopic (exact) mass is 433 g/mol. The molecule has 3 aliphatic heterocycles. The van der Waals surface area contributed by atoms with Gasteiger partial charge in [0.1, 0.15) is 6.04 Å². The molecule has 11 heteroatoms. The van der Waals surface area contributed by atoms with Gasteiger partial charge >= 0.3 is 0 Å². The predicted octanol–water partition coefficient (Wildman–Crippen LogP) is -0.504. The number of piperidine rings is 1. The van der Waals surface area contributed by atoms with Crippen LogP contribution >= 0.6 is 0 Å². The van der Waals surface area contributed by atoms with Gasteiger partial charge in [-0.25, -0.2) is 0 Å². The van der Waals surface area contributed by atoms with E-state index in [2.05, 4.69) is 26.7 Å². The zero-order valence-electron chi connectivity index (χ0n) is 17.3. The van der Waals surface area contributed by atoms with Crippen molar-refractivity contribution in [2.24, 2.45) is 11.7 Å². The van der Waals surface area contributed by atoms with E-state index in [4.69, 9.17) is 5.73 Å². The topological polar surface area (TPSA) is 148 Å². The Morgan fingerprint density at radius 3 is 2.97 bits per heavy atom. The van der Waals surface area contributed by atoms with E-state index in [0.717, 1.165) is 24.1 Å². The Kier molecular flexibility index (Phi) is 4.28. The average Bonchev–Trinajstić information content (AvgIpc) is 3.25. The molecule has 4 heterocycles. The molecular formula is C21H23N9O2. The highest BCUT2D eigenvalue weighted by molar-refractivity contribution is 6.01. The lowest BCUT2D eigenvalue weighted by atomic mass is 10.1. The molecule has 1 aromatic carbocycles. The molecule has 2 aromatic rings. The maximum absolute atomic E-state index is 13.2. The van der Waals surface area contributed by atoms with E-state index in [1.807, 2.05) is 34.1 Å². The van der Waals surface area contributed by atoms with Crippen molar-refractivity contribution in [3.63, 3.8) is 0 Å². The Hall–Kier alpha value is -3.36. The number of rotatable bonds is 5. The number of carbonyl (C=O) groups is 2. The SMILES string of the molecule is N#C[C@@H]1C[C@@H]2CC2N1C(=O)[C@@H](N)CN1C[C@H]2C[C@@H]1C(=O)N2c1cccc(-c2nn[nH]n2)c1. The van der Waals surface area contributed by atoms with E-state index in [1.54, 1.807) is 4.90 Å². The average molecular weight is 433 g/mol. The van der Waals surface area contributed by atoms with Gasteiger partial charge in [0.25, 0.3) is 0 Å². The summed E-state index contributed by atoms with van der Waals surface area (Å²) in [6, 6.07) is 8.61. The fraction of sp³-hybridized carbons (Fsp3) is 0.524. The molecule has 0 radical (unpaired) electrons. The third-order valence-corrected chi connectivity index (χ3v) is 7.25. The number of amides is 2. The van der Waals surface area contributed by atoms with Crippen LogP contribution in [0.3, 0.4) is 0 Å². The number of hydrogen-bond acceptors (Lipinski definition) is 8. The Morgan fingerprint density at radius 2 is 2.22 bits per heavy atom. The van der Waals surface area contributed by atoms with Crippen LogP contribution in [0, 0.1) is 17.2 Å². The van der Waals surface area contributed by atoms with Gasteiger partial charge in [-0.3, -0.25) is 14.5 Å². The molecule has 2 amide bonds. The summed E-state index contributed by atoms with van der Waals surface area (Å²) in [5.41, 5.74) is 7.87. The van der Waals surface area contributed by atoms with Gasteiger partial charge in [-0.2, -0.15) is 10.5 Å². The highest BCUT2D eigenvalue weighted by Gasteiger charge is 2.55. The van der Waals surface area contributed by atoms with Crippen LogP contribution in [0.1, 0.15) is 19.3 Å². The first-order chi connectivity index (χ1) is 15.5. The normalized spacial score (nSPS) is 31.6.